The molecular weight excluding hydrogens is 319 g/mol. The van der Waals surface area contributed by atoms with Crippen molar-refractivity contribution >= 4 is 16.7 Å². The van der Waals surface area contributed by atoms with Gasteiger partial charge in [-0.15, -0.1) is 10.2 Å². The highest BCUT2D eigenvalue weighted by atomic mass is 19.1. The highest BCUT2D eigenvalue weighted by Crippen LogP contribution is 2.32. The van der Waals surface area contributed by atoms with Gasteiger partial charge >= 0.3 is 0 Å². The summed E-state index contributed by atoms with van der Waals surface area (Å²) in [5.41, 5.74) is 2.24. The van der Waals surface area contributed by atoms with E-state index in [1.165, 1.54) is 31.4 Å². The highest BCUT2D eigenvalue weighted by molar-refractivity contribution is 5.89. The van der Waals surface area contributed by atoms with Crippen LogP contribution in [0, 0.1) is 5.82 Å². The van der Waals surface area contributed by atoms with E-state index in [9.17, 15) is 4.39 Å². The van der Waals surface area contributed by atoms with Gasteiger partial charge in [0.05, 0.1) is 17.3 Å². The second-order valence-electron chi connectivity index (χ2n) is 6.60. The van der Waals surface area contributed by atoms with Crippen molar-refractivity contribution < 1.29 is 4.39 Å². The number of benzene rings is 1. The molecule has 1 aliphatic rings. The fourth-order valence-corrected chi connectivity index (χ4v) is 3.75. The van der Waals surface area contributed by atoms with E-state index in [1.807, 2.05) is 4.40 Å². The van der Waals surface area contributed by atoms with Crippen LogP contribution in [0.5, 0.6) is 0 Å². The lowest BCUT2D eigenvalue weighted by Crippen LogP contribution is -2.09. The van der Waals surface area contributed by atoms with Gasteiger partial charge in [0, 0.05) is 5.92 Å². The molecule has 5 rings (SSSR count). The molecule has 1 aromatic carbocycles. The van der Waals surface area contributed by atoms with Gasteiger partial charge in [-0.3, -0.25) is 4.40 Å². The summed E-state index contributed by atoms with van der Waals surface area (Å²) in [6.45, 7) is 0. The quantitative estimate of drug-likeness (QED) is 0.560. The van der Waals surface area contributed by atoms with Crippen LogP contribution >= 0.6 is 0 Å². The SMILES string of the molecule is Fc1ccc(-n2ncc3c2ncn2c(C4CCCCC4)nnc32)cc1. The van der Waals surface area contributed by atoms with E-state index in [1.54, 1.807) is 29.3 Å². The first-order valence-corrected chi connectivity index (χ1v) is 8.64. The van der Waals surface area contributed by atoms with Gasteiger partial charge in [0.25, 0.3) is 0 Å². The number of rotatable bonds is 2. The van der Waals surface area contributed by atoms with Crippen molar-refractivity contribution in [3.8, 4) is 5.69 Å². The molecule has 0 aliphatic heterocycles. The van der Waals surface area contributed by atoms with Crippen molar-refractivity contribution in [1.82, 2.24) is 29.4 Å². The Morgan fingerprint density at radius 3 is 2.56 bits per heavy atom. The topological polar surface area (TPSA) is 60.9 Å². The van der Waals surface area contributed by atoms with Crippen molar-refractivity contribution in [3.05, 3.63) is 48.4 Å². The summed E-state index contributed by atoms with van der Waals surface area (Å²) in [6, 6.07) is 6.20. The van der Waals surface area contributed by atoms with Gasteiger partial charge < -0.3 is 0 Å². The van der Waals surface area contributed by atoms with Crippen LogP contribution in [-0.2, 0) is 0 Å². The predicted molar refractivity (Wildman–Crippen MR) is 91.2 cm³/mol. The van der Waals surface area contributed by atoms with Gasteiger partial charge in [-0.25, -0.2) is 14.1 Å². The van der Waals surface area contributed by atoms with E-state index in [-0.39, 0.29) is 5.82 Å². The van der Waals surface area contributed by atoms with E-state index in [2.05, 4.69) is 20.3 Å². The first kappa shape index (κ1) is 14.5. The monoisotopic (exact) mass is 336 g/mol. The molecule has 0 bridgehead atoms. The van der Waals surface area contributed by atoms with Gasteiger partial charge in [0.2, 0.25) is 0 Å². The number of nitrogens with zero attached hydrogens (tertiary/aromatic N) is 6. The molecule has 3 aromatic heterocycles. The third kappa shape index (κ3) is 2.30. The Morgan fingerprint density at radius 1 is 0.960 bits per heavy atom. The standard InChI is InChI=1S/C18H17FN6/c19-13-6-8-14(9-7-13)25-17-15(10-21-25)18-23-22-16(24(18)11-20-17)12-4-2-1-3-5-12/h6-12H,1-5H2. The Kier molecular flexibility index (Phi) is 3.26. The predicted octanol–water partition coefficient (Wildman–Crippen LogP) is 3.65. The number of hydrogen-bond acceptors (Lipinski definition) is 4. The smallest absolute Gasteiger partial charge is 0.174 e. The minimum absolute atomic E-state index is 0.273. The van der Waals surface area contributed by atoms with Crippen molar-refractivity contribution in [2.24, 2.45) is 0 Å². The lowest BCUT2D eigenvalue weighted by Gasteiger charge is -2.19. The van der Waals surface area contributed by atoms with Crippen LogP contribution in [0.4, 0.5) is 4.39 Å². The first-order chi connectivity index (χ1) is 12.3. The Bertz CT molecular complexity index is 1040. The van der Waals surface area contributed by atoms with Gasteiger partial charge in [0.15, 0.2) is 11.3 Å². The number of hydrogen-bond donors (Lipinski definition) is 0. The fraction of sp³-hybridized carbons (Fsp3) is 0.333. The van der Waals surface area contributed by atoms with E-state index < -0.39 is 0 Å². The maximum atomic E-state index is 13.2. The molecule has 7 heteroatoms. The Labute approximate surface area is 143 Å². The van der Waals surface area contributed by atoms with Gasteiger partial charge in [-0.05, 0) is 37.1 Å². The molecule has 126 valence electrons. The molecule has 0 N–H and O–H groups in total. The molecule has 3 heterocycles. The largest absolute Gasteiger partial charge is 0.268 e. The maximum absolute atomic E-state index is 13.2. The van der Waals surface area contributed by atoms with Crippen LogP contribution in [0.2, 0.25) is 0 Å². The van der Waals surface area contributed by atoms with Crippen molar-refractivity contribution in [3.63, 3.8) is 0 Å². The lowest BCUT2D eigenvalue weighted by atomic mass is 9.89. The second-order valence-corrected chi connectivity index (χ2v) is 6.60. The summed E-state index contributed by atoms with van der Waals surface area (Å²) >= 11 is 0. The molecular formula is C18H17FN6. The lowest BCUT2D eigenvalue weighted by molar-refractivity contribution is 0.426. The van der Waals surface area contributed by atoms with Crippen molar-refractivity contribution in [2.45, 2.75) is 38.0 Å². The van der Waals surface area contributed by atoms with Gasteiger partial charge in [-0.2, -0.15) is 5.10 Å². The summed E-state index contributed by atoms with van der Waals surface area (Å²) in [4.78, 5) is 4.59. The molecule has 25 heavy (non-hydrogen) atoms. The Morgan fingerprint density at radius 2 is 1.76 bits per heavy atom. The minimum atomic E-state index is -0.273. The number of fused-ring (bicyclic) bond motifs is 3. The number of aromatic nitrogens is 6. The van der Waals surface area contributed by atoms with E-state index in [0.717, 1.165) is 35.4 Å². The maximum Gasteiger partial charge on any atom is 0.174 e. The second kappa shape index (κ2) is 5.61. The van der Waals surface area contributed by atoms with Crippen LogP contribution < -0.4 is 0 Å². The van der Waals surface area contributed by atoms with E-state index in [4.69, 9.17) is 0 Å². The van der Waals surface area contributed by atoms with E-state index in [0.29, 0.717) is 11.6 Å². The summed E-state index contributed by atoms with van der Waals surface area (Å²) < 4.78 is 16.9. The summed E-state index contributed by atoms with van der Waals surface area (Å²) in [5, 5.41) is 14.1. The Hall–Kier alpha value is -2.83. The molecule has 0 spiro atoms. The van der Waals surface area contributed by atoms with Crippen molar-refractivity contribution in [1.29, 1.82) is 0 Å². The van der Waals surface area contributed by atoms with Crippen LogP contribution in [0.3, 0.4) is 0 Å². The molecule has 1 fully saturated rings. The summed E-state index contributed by atoms with van der Waals surface area (Å²) in [5.74, 6) is 1.18. The molecule has 0 radical (unpaired) electrons. The third-order valence-corrected chi connectivity index (χ3v) is 5.04. The average Bonchev–Trinajstić information content (AvgIpc) is 3.27. The zero-order valence-electron chi connectivity index (χ0n) is 13.6. The van der Waals surface area contributed by atoms with Crippen LogP contribution in [0.25, 0.3) is 22.4 Å². The highest BCUT2D eigenvalue weighted by Gasteiger charge is 2.22. The normalized spacial score (nSPS) is 16.0. The first-order valence-electron chi connectivity index (χ1n) is 8.64. The molecule has 4 aromatic rings. The fourth-order valence-electron chi connectivity index (χ4n) is 3.75. The third-order valence-electron chi connectivity index (χ3n) is 5.04. The average molecular weight is 336 g/mol. The molecule has 0 atom stereocenters. The van der Waals surface area contributed by atoms with Crippen molar-refractivity contribution in [2.75, 3.05) is 0 Å². The van der Waals surface area contributed by atoms with Crippen LogP contribution in [0.15, 0.2) is 36.8 Å². The summed E-state index contributed by atoms with van der Waals surface area (Å²) in [7, 11) is 0. The van der Waals surface area contributed by atoms with Gasteiger partial charge in [-0.1, -0.05) is 19.3 Å². The zero-order valence-corrected chi connectivity index (χ0v) is 13.6. The molecule has 0 saturated heterocycles. The molecule has 0 unspecified atom stereocenters. The number of halogens is 1. The zero-order chi connectivity index (χ0) is 16.8. The van der Waals surface area contributed by atoms with E-state index >= 15 is 0 Å². The molecule has 6 nitrogen and oxygen atoms in total. The molecule has 1 aliphatic carbocycles. The summed E-state index contributed by atoms with van der Waals surface area (Å²) in [6.07, 6.45) is 9.65. The van der Waals surface area contributed by atoms with Gasteiger partial charge in [0.1, 0.15) is 18.0 Å². The van der Waals surface area contributed by atoms with Crippen LogP contribution in [0.1, 0.15) is 43.8 Å². The minimum Gasteiger partial charge on any atom is -0.268 e. The molecule has 0 amide bonds. The Balaban J connectivity index is 1.64. The molecule has 1 saturated carbocycles. The van der Waals surface area contributed by atoms with Crippen LogP contribution in [-0.4, -0.2) is 29.4 Å².